The number of hydrogen-bond acceptors (Lipinski definition) is 7. The smallest absolute Gasteiger partial charge is 0.155 e. The van der Waals surface area contributed by atoms with E-state index < -0.39 is 11.6 Å². The van der Waals surface area contributed by atoms with Crippen molar-refractivity contribution in [3.05, 3.63) is 70.1 Å². The predicted molar refractivity (Wildman–Crippen MR) is 115 cm³/mol. The first-order chi connectivity index (χ1) is 14.3. The average molecular weight is 450 g/mol. The van der Waals surface area contributed by atoms with Gasteiger partial charge in [-0.15, -0.1) is 0 Å². The summed E-state index contributed by atoms with van der Waals surface area (Å²) in [5.74, 6) is -0.532. The van der Waals surface area contributed by atoms with Crippen LogP contribution in [0.25, 0.3) is 0 Å². The number of hydrogen-bond donors (Lipinski definition) is 3. The molecule has 0 unspecified atom stereocenters. The van der Waals surface area contributed by atoms with Gasteiger partial charge < -0.3 is 20.6 Å². The zero-order valence-electron chi connectivity index (χ0n) is 16.1. The third kappa shape index (κ3) is 4.98. The molecule has 0 aliphatic rings. The van der Waals surface area contributed by atoms with Crippen LogP contribution in [0.15, 0.2) is 41.6 Å². The molecule has 0 saturated carbocycles. The zero-order chi connectivity index (χ0) is 21.8. The van der Waals surface area contributed by atoms with E-state index in [4.69, 9.17) is 27.5 Å². The number of aromatic nitrogens is 2. The summed E-state index contributed by atoms with van der Waals surface area (Å²) >= 11 is 7.19. The fourth-order valence-corrected chi connectivity index (χ4v) is 3.45. The molecule has 0 amide bonds. The van der Waals surface area contributed by atoms with Gasteiger partial charge in [0.25, 0.3) is 0 Å². The van der Waals surface area contributed by atoms with Crippen LogP contribution in [0, 0.1) is 24.0 Å². The van der Waals surface area contributed by atoms with Crippen molar-refractivity contribution in [2.45, 2.75) is 25.3 Å². The number of nitrogens with two attached hydrogens (primary N) is 1. The minimum atomic E-state index is -0.594. The normalized spacial score (nSPS) is 10.7. The lowest BCUT2D eigenvalue weighted by atomic mass is 10.1. The van der Waals surface area contributed by atoms with Gasteiger partial charge in [0.05, 0.1) is 33.7 Å². The second-order valence-electron chi connectivity index (χ2n) is 6.35. The summed E-state index contributed by atoms with van der Waals surface area (Å²) in [4.78, 5) is 8.45. The van der Waals surface area contributed by atoms with Gasteiger partial charge in [0, 0.05) is 16.8 Å². The number of anilines is 2. The highest BCUT2D eigenvalue weighted by Crippen LogP contribution is 2.31. The summed E-state index contributed by atoms with van der Waals surface area (Å²) in [6, 6.07) is 5.90. The van der Waals surface area contributed by atoms with Crippen LogP contribution in [-0.4, -0.2) is 15.7 Å². The summed E-state index contributed by atoms with van der Waals surface area (Å²) in [7, 11) is 0. The highest BCUT2D eigenvalue weighted by atomic mass is 35.5. The second kappa shape index (κ2) is 9.27. The Kier molecular flexibility index (Phi) is 6.73. The number of rotatable bonds is 7. The lowest BCUT2D eigenvalue weighted by Gasteiger charge is -2.14. The van der Waals surface area contributed by atoms with E-state index in [-0.39, 0.29) is 34.4 Å². The maximum Gasteiger partial charge on any atom is 0.155 e. The van der Waals surface area contributed by atoms with Gasteiger partial charge in [-0.05, 0) is 50.1 Å². The van der Waals surface area contributed by atoms with Crippen molar-refractivity contribution in [2.24, 2.45) is 0 Å². The molecular formula is C20H18ClF2N5OS. The minimum absolute atomic E-state index is 0.140. The second-order valence-corrected chi connectivity index (χ2v) is 7.60. The van der Waals surface area contributed by atoms with Crippen molar-refractivity contribution in [3.63, 3.8) is 0 Å². The lowest BCUT2D eigenvalue weighted by molar-refractivity contribution is 0.299. The Bertz CT molecular complexity index is 1110. The molecule has 0 bridgehead atoms. The Morgan fingerprint density at radius 1 is 1.27 bits per heavy atom. The van der Waals surface area contributed by atoms with Crippen LogP contribution in [0.2, 0.25) is 5.02 Å². The van der Waals surface area contributed by atoms with Gasteiger partial charge in [-0.25, -0.2) is 13.8 Å². The van der Waals surface area contributed by atoms with E-state index in [9.17, 15) is 8.78 Å². The molecule has 30 heavy (non-hydrogen) atoms. The van der Waals surface area contributed by atoms with Crippen LogP contribution in [0.4, 0.5) is 20.3 Å². The topological polar surface area (TPSA) is 96.9 Å². The summed E-state index contributed by atoms with van der Waals surface area (Å²) in [6.07, 6.45) is 2.51. The number of aryl methyl sites for hydroxylation is 1. The number of pyridine rings is 2. The van der Waals surface area contributed by atoms with Crippen molar-refractivity contribution in [2.75, 3.05) is 10.5 Å². The van der Waals surface area contributed by atoms with Crippen molar-refractivity contribution < 1.29 is 13.5 Å². The third-order valence-electron chi connectivity index (χ3n) is 4.14. The highest BCUT2D eigenvalue weighted by Gasteiger charge is 2.15. The van der Waals surface area contributed by atoms with E-state index in [0.29, 0.717) is 21.9 Å². The van der Waals surface area contributed by atoms with E-state index in [1.165, 1.54) is 24.4 Å². The summed E-state index contributed by atoms with van der Waals surface area (Å²) in [5, 5.41) is 7.91. The molecule has 0 spiro atoms. The van der Waals surface area contributed by atoms with Crippen LogP contribution in [0.5, 0.6) is 5.75 Å². The van der Waals surface area contributed by atoms with Gasteiger partial charge in [-0.2, -0.15) is 0 Å². The van der Waals surface area contributed by atoms with Crippen LogP contribution in [0.3, 0.4) is 0 Å². The van der Waals surface area contributed by atoms with Crippen LogP contribution >= 0.6 is 23.5 Å². The average Bonchev–Trinajstić information content (AvgIpc) is 2.70. The van der Waals surface area contributed by atoms with Crippen molar-refractivity contribution >= 4 is 40.8 Å². The summed E-state index contributed by atoms with van der Waals surface area (Å²) in [6.45, 7) is 3.15. The predicted octanol–water partition coefficient (Wildman–Crippen LogP) is 5.38. The van der Waals surface area contributed by atoms with Crippen LogP contribution in [-0.2, 0) is 6.61 Å². The molecule has 3 rings (SSSR count). The molecular weight excluding hydrogens is 432 g/mol. The molecule has 0 aliphatic heterocycles. The molecule has 0 fully saturated rings. The maximum absolute atomic E-state index is 15.0. The van der Waals surface area contributed by atoms with Gasteiger partial charge >= 0.3 is 0 Å². The minimum Gasteiger partial charge on any atom is -0.487 e. The van der Waals surface area contributed by atoms with Gasteiger partial charge in [0.1, 0.15) is 24.0 Å². The molecule has 1 aromatic carbocycles. The quantitative estimate of drug-likeness (QED) is 0.331. The van der Waals surface area contributed by atoms with Crippen molar-refractivity contribution in [1.82, 2.24) is 9.97 Å². The number of benzene rings is 1. The first kappa shape index (κ1) is 21.8. The van der Waals surface area contributed by atoms with Crippen molar-refractivity contribution in [3.8, 4) is 5.75 Å². The van der Waals surface area contributed by atoms with E-state index in [1.54, 1.807) is 19.9 Å². The Morgan fingerprint density at radius 2 is 2.03 bits per heavy atom. The SMILES string of the molecule is CC(=N)c1cc(OCc2c(Cl)ccc(NSc3cc(F)cnc3C)c2F)cnc1N. The van der Waals surface area contributed by atoms with E-state index in [0.717, 1.165) is 18.1 Å². The number of nitrogens with one attached hydrogen (secondary N) is 2. The summed E-state index contributed by atoms with van der Waals surface area (Å²) < 4.78 is 36.9. The fourth-order valence-electron chi connectivity index (χ4n) is 2.50. The molecule has 156 valence electrons. The number of halogens is 3. The number of ether oxygens (including phenoxy) is 1. The zero-order valence-corrected chi connectivity index (χ0v) is 17.7. The first-order valence-corrected chi connectivity index (χ1v) is 9.91. The molecule has 6 nitrogen and oxygen atoms in total. The van der Waals surface area contributed by atoms with E-state index >= 15 is 0 Å². The molecule has 2 heterocycles. The standard InChI is InChI=1S/C20H18ClF2N5OS/c1-10(24)14-6-13(8-27-20(14)25)29-9-15-16(21)3-4-17(19(15)23)28-30-18-5-12(22)7-26-11(18)2/h3-8,24,28H,9H2,1-2H3,(H2,25,27). The molecule has 0 atom stereocenters. The van der Waals surface area contributed by atoms with E-state index in [1.807, 2.05) is 0 Å². The first-order valence-electron chi connectivity index (χ1n) is 8.72. The maximum atomic E-state index is 15.0. The van der Waals surface area contributed by atoms with Gasteiger partial charge in [-0.3, -0.25) is 4.98 Å². The Labute approximate surface area is 181 Å². The number of nitrogen functional groups attached to an aromatic ring is 1. The van der Waals surface area contributed by atoms with Crippen LogP contribution < -0.4 is 15.2 Å². The third-order valence-corrected chi connectivity index (χ3v) is 5.45. The van der Waals surface area contributed by atoms with Gasteiger partial charge in [0.2, 0.25) is 0 Å². The molecule has 0 saturated heterocycles. The Morgan fingerprint density at radius 3 is 2.77 bits per heavy atom. The van der Waals surface area contributed by atoms with Gasteiger partial charge in [0.15, 0.2) is 5.82 Å². The molecule has 3 aromatic rings. The highest BCUT2D eigenvalue weighted by molar-refractivity contribution is 8.00. The Hall–Kier alpha value is -2.91. The van der Waals surface area contributed by atoms with E-state index in [2.05, 4.69) is 14.7 Å². The van der Waals surface area contributed by atoms with Crippen LogP contribution in [0.1, 0.15) is 23.7 Å². The summed E-state index contributed by atoms with van der Waals surface area (Å²) in [5.41, 5.74) is 7.33. The monoisotopic (exact) mass is 449 g/mol. The van der Waals surface area contributed by atoms with Gasteiger partial charge in [-0.1, -0.05) is 11.6 Å². The molecule has 2 aromatic heterocycles. The molecule has 10 heteroatoms. The largest absolute Gasteiger partial charge is 0.487 e. The lowest BCUT2D eigenvalue weighted by Crippen LogP contribution is -2.06. The number of nitrogens with zero attached hydrogens (tertiary/aromatic N) is 2. The molecule has 0 aliphatic carbocycles. The van der Waals surface area contributed by atoms with Crippen molar-refractivity contribution in [1.29, 1.82) is 5.41 Å². The molecule has 0 radical (unpaired) electrons. The fraction of sp³-hybridized carbons (Fsp3) is 0.150. The molecule has 4 N–H and O–H groups in total. The Balaban J connectivity index is 1.77.